The molecule has 3 heterocycles. The molecule has 0 saturated carbocycles. The minimum absolute atomic E-state index is 0.0483. The lowest BCUT2D eigenvalue weighted by Crippen LogP contribution is -2.40. The van der Waals surface area contributed by atoms with Gasteiger partial charge >= 0.3 is 0 Å². The molecule has 0 unspecified atom stereocenters. The van der Waals surface area contributed by atoms with Crippen LogP contribution in [-0.4, -0.2) is 88.1 Å². The number of nitrogens with zero attached hydrogens (tertiary/aromatic N) is 1. The number of para-hydroxylation sites is 1. The highest BCUT2D eigenvalue weighted by molar-refractivity contribution is 5.92. The van der Waals surface area contributed by atoms with Crippen LogP contribution >= 0.6 is 0 Å². The molecule has 2 aliphatic rings. The zero-order valence-corrected chi connectivity index (χ0v) is 24.7. The van der Waals surface area contributed by atoms with Crippen molar-refractivity contribution in [1.82, 2.24) is 4.90 Å². The maximum absolute atomic E-state index is 13.9. The molecule has 236 valence electrons. The summed E-state index contributed by atoms with van der Waals surface area (Å²) in [6.45, 7) is 4.01. The normalized spacial score (nSPS) is 21.1. The van der Waals surface area contributed by atoms with Crippen LogP contribution in [0.4, 0.5) is 0 Å². The van der Waals surface area contributed by atoms with E-state index in [1.54, 1.807) is 29.2 Å². The summed E-state index contributed by atoms with van der Waals surface area (Å²) in [4.78, 5) is 29.0. The van der Waals surface area contributed by atoms with E-state index in [0.717, 1.165) is 11.1 Å². The number of benzene rings is 2. The Morgan fingerprint density at radius 2 is 1.45 bits per heavy atom. The number of rotatable bonds is 6. The summed E-state index contributed by atoms with van der Waals surface area (Å²) < 4.78 is 40.4. The average molecular weight is 610 g/mol. The highest BCUT2D eigenvalue weighted by atomic mass is 16.7. The predicted molar refractivity (Wildman–Crippen MR) is 160 cm³/mol. The van der Waals surface area contributed by atoms with Crippen molar-refractivity contribution in [3.05, 3.63) is 93.5 Å². The molecule has 2 atom stereocenters. The van der Waals surface area contributed by atoms with Crippen LogP contribution in [0.25, 0.3) is 11.0 Å². The second-order valence-electron chi connectivity index (χ2n) is 10.5. The fourth-order valence-electron chi connectivity index (χ4n) is 4.99. The minimum Gasteiger partial charge on any atom is -0.464 e. The number of fused-ring (bicyclic) bond motifs is 1. The van der Waals surface area contributed by atoms with Gasteiger partial charge in [0.1, 0.15) is 5.58 Å². The Bertz CT molecular complexity index is 1420. The number of carbonyl (C=O) groups is 1. The van der Waals surface area contributed by atoms with Gasteiger partial charge in [-0.2, -0.15) is 0 Å². The third-order valence-electron chi connectivity index (χ3n) is 7.43. The van der Waals surface area contributed by atoms with Gasteiger partial charge < -0.3 is 42.8 Å². The van der Waals surface area contributed by atoms with Crippen LogP contribution in [0, 0.1) is 0 Å². The SMILES string of the molecule is O=C(C1=C[C@H](c2coc3ccccc3c2=O)C[C@H](OCc2ccc(CO)cc2)O1)N1CCOCCOCCOCCOCC1. The van der Waals surface area contributed by atoms with Crippen LogP contribution < -0.4 is 5.43 Å². The van der Waals surface area contributed by atoms with Gasteiger partial charge in [0.25, 0.3) is 5.91 Å². The second-order valence-corrected chi connectivity index (χ2v) is 10.5. The van der Waals surface area contributed by atoms with Crippen molar-refractivity contribution in [2.75, 3.05) is 65.9 Å². The summed E-state index contributed by atoms with van der Waals surface area (Å²) in [5.74, 6) is -0.764. The Kier molecular flexibility index (Phi) is 11.9. The van der Waals surface area contributed by atoms with E-state index in [0.29, 0.717) is 88.9 Å². The smallest absolute Gasteiger partial charge is 0.288 e. The molecule has 11 heteroatoms. The number of aliphatic hydroxyl groups excluding tert-OH is 1. The highest BCUT2D eigenvalue weighted by Crippen LogP contribution is 2.32. The van der Waals surface area contributed by atoms with Crippen molar-refractivity contribution in [2.24, 2.45) is 0 Å². The zero-order chi connectivity index (χ0) is 30.6. The molecule has 0 bridgehead atoms. The van der Waals surface area contributed by atoms with Crippen molar-refractivity contribution in [3.63, 3.8) is 0 Å². The first kappa shape index (κ1) is 31.8. The number of ether oxygens (including phenoxy) is 6. The lowest BCUT2D eigenvalue weighted by atomic mass is 9.93. The topological polar surface area (TPSA) is 126 Å². The molecule has 2 aliphatic heterocycles. The summed E-state index contributed by atoms with van der Waals surface area (Å²) in [5, 5.41) is 9.81. The number of amides is 1. The van der Waals surface area contributed by atoms with Crippen LogP contribution in [0.15, 0.2) is 75.8 Å². The molecule has 44 heavy (non-hydrogen) atoms. The number of hydrogen-bond acceptors (Lipinski definition) is 10. The third-order valence-corrected chi connectivity index (χ3v) is 7.43. The van der Waals surface area contributed by atoms with Gasteiger partial charge in [0, 0.05) is 31.0 Å². The van der Waals surface area contributed by atoms with Crippen molar-refractivity contribution in [3.8, 4) is 0 Å². The lowest BCUT2D eigenvalue weighted by molar-refractivity contribution is -0.157. The molecule has 5 rings (SSSR count). The molecule has 2 aromatic carbocycles. The van der Waals surface area contributed by atoms with Gasteiger partial charge in [-0.25, -0.2) is 0 Å². The van der Waals surface area contributed by atoms with Crippen LogP contribution in [0.1, 0.15) is 29.0 Å². The Hall–Kier alpha value is -3.58. The molecular formula is C33H39NO10. The molecule has 1 aromatic heterocycles. The second kappa shape index (κ2) is 16.5. The monoisotopic (exact) mass is 609 g/mol. The quantitative estimate of drug-likeness (QED) is 0.446. The van der Waals surface area contributed by atoms with Crippen molar-refractivity contribution in [1.29, 1.82) is 0 Å². The van der Waals surface area contributed by atoms with E-state index in [-0.39, 0.29) is 30.3 Å². The van der Waals surface area contributed by atoms with E-state index < -0.39 is 12.2 Å². The van der Waals surface area contributed by atoms with Gasteiger partial charge in [0.15, 0.2) is 11.2 Å². The fraction of sp³-hybridized carbons (Fsp3) is 0.455. The first-order valence-corrected chi connectivity index (χ1v) is 14.9. The summed E-state index contributed by atoms with van der Waals surface area (Å²) >= 11 is 0. The molecule has 1 saturated heterocycles. The van der Waals surface area contributed by atoms with E-state index in [2.05, 4.69) is 0 Å². The largest absolute Gasteiger partial charge is 0.464 e. The van der Waals surface area contributed by atoms with Crippen molar-refractivity contribution in [2.45, 2.75) is 31.8 Å². The number of aliphatic hydroxyl groups is 1. The van der Waals surface area contributed by atoms with E-state index in [1.807, 2.05) is 30.3 Å². The maximum Gasteiger partial charge on any atom is 0.288 e. The van der Waals surface area contributed by atoms with Crippen molar-refractivity contribution >= 4 is 16.9 Å². The van der Waals surface area contributed by atoms with E-state index in [1.165, 1.54) is 6.26 Å². The Morgan fingerprint density at radius 3 is 2.11 bits per heavy atom. The summed E-state index contributed by atoms with van der Waals surface area (Å²) in [6, 6.07) is 14.4. The fourth-order valence-corrected chi connectivity index (χ4v) is 4.99. The first-order chi connectivity index (χ1) is 21.6. The van der Waals surface area contributed by atoms with Crippen LogP contribution in [0.5, 0.6) is 0 Å². The van der Waals surface area contributed by atoms with Crippen LogP contribution in [0.3, 0.4) is 0 Å². The molecule has 0 aliphatic carbocycles. The molecule has 1 amide bonds. The van der Waals surface area contributed by atoms with E-state index in [9.17, 15) is 14.7 Å². The molecule has 3 aromatic rings. The summed E-state index contributed by atoms with van der Waals surface area (Å²) in [7, 11) is 0. The van der Waals surface area contributed by atoms with Gasteiger partial charge in [-0.15, -0.1) is 0 Å². The maximum atomic E-state index is 13.9. The Morgan fingerprint density at radius 1 is 0.841 bits per heavy atom. The average Bonchev–Trinajstić information content (AvgIpc) is 3.07. The zero-order valence-electron chi connectivity index (χ0n) is 24.7. The van der Waals surface area contributed by atoms with Crippen LogP contribution in [0.2, 0.25) is 0 Å². The Labute approximate surface area is 255 Å². The molecule has 0 radical (unpaired) electrons. The van der Waals surface area contributed by atoms with Gasteiger partial charge in [0.05, 0.1) is 77.7 Å². The van der Waals surface area contributed by atoms with Gasteiger partial charge in [0.2, 0.25) is 6.29 Å². The highest BCUT2D eigenvalue weighted by Gasteiger charge is 2.32. The van der Waals surface area contributed by atoms with Gasteiger partial charge in [-0.3, -0.25) is 9.59 Å². The van der Waals surface area contributed by atoms with Crippen LogP contribution in [-0.2, 0) is 46.4 Å². The lowest BCUT2D eigenvalue weighted by Gasteiger charge is -2.31. The minimum atomic E-state index is -0.808. The predicted octanol–water partition coefficient (Wildman–Crippen LogP) is 3.12. The van der Waals surface area contributed by atoms with Gasteiger partial charge in [-0.05, 0) is 29.3 Å². The molecular weight excluding hydrogens is 570 g/mol. The molecule has 1 fully saturated rings. The number of hydrogen-bond donors (Lipinski definition) is 1. The standard InChI is InChI=1S/C33H39NO10/c35-21-24-5-7-25(8-6-24)22-43-31-20-26(28-23-42-29-4-2-1-3-27(29)32(28)36)19-30(44-31)33(37)34-9-11-38-13-15-40-17-18-41-16-14-39-12-10-34/h1-8,19,23,26,31,35H,9-18,20-22H2/t26-,31+/m0/s1. The van der Waals surface area contributed by atoms with E-state index >= 15 is 0 Å². The van der Waals surface area contributed by atoms with Gasteiger partial charge in [-0.1, -0.05) is 36.4 Å². The molecule has 0 spiro atoms. The number of carbonyl (C=O) groups excluding carboxylic acids is 1. The summed E-state index contributed by atoms with van der Waals surface area (Å²) in [6.07, 6.45) is 2.64. The third kappa shape index (κ3) is 8.75. The number of allylic oxidation sites excluding steroid dienone is 1. The van der Waals surface area contributed by atoms with E-state index in [4.69, 9.17) is 32.8 Å². The Balaban J connectivity index is 1.36. The molecule has 11 nitrogen and oxygen atoms in total. The van der Waals surface area contributed by atoms with Crippen molar-refractivity contribution < 1.29 is 42.7 Å². The molecule has 1 N–H and O–H groups in total. The first-order valence-electron chi connectivity index (χ1n) is 14.9. The summed E-state index contributed by atoms with van der Waals surface area (Å²) in [5.41, 5.74) is 2.41.